The first-order valence-electron chi connectivity index (χ1n) is 27.9. The van der Waals surface area contributed by atoms with Crippen LogP contribution >= 0.6 is 0 Å². The van der Waals surface area contributed by atoms with E-state index in [0.29, 0.717) is 19.3 Å². The standard InChI is InChI=1S/C62H102O6/c1-4-7-10-13-16-19-22-25-28-31-34-37-40-43-46-49-52-55-61(64)67-58-59(57-66-60(63)54-51-48-45-42-39-36-33-30-27-24-21-18-15-12-9-6-3)68-62(65)56-53-50-47-44-41-38-35-32-29-26-23-20-17-14-11-8-5-2/h9,12,17-18,20-21,25-30,34,36-37,39,43,46,59H,4-8,10-11,13-16,19,22-24,31-33,35,38,40-42,44-45,47-58H2,1-3H3/b12-9-,20-17-,21-18-,28-25-,29-26-,30-27-,37-34-,39-36-,46-43-. The van der Waals surface area contributed by atoms with Crippen molar-refractivity contribution >= 4 is 17.9 Å². The zero-order valence-electron chi connectivity index (χ0n) is 44.1. The van der Waals surface area contributed by atoms with E-state index in [9.17, 15) is 14.4 Å². The van der Waals surface area contributed by atoms with Crippen LogP contribution in [0.15, 0.2) is 109 Å². The van der Waals surface area contributed by atoms with Gasteiger partial charge in [0, 0.05) is 19.3 Å². The van der Waals surface area contributed by atoms with Crippen LogP contribution in [-0.2, 0) is 28.6 Å². The number of hydrogen-bond donors (Lipinski definition) is 0. The Balaban J connectivity index is 4.54. The molecule has 0 aromatic carbocycles. The minimum atomic E-state index is -0.818. The molecule has 1 unspecified atom stereocenters. The van der Waals surface area contributed by atoms with E-state index in [4.69, 9.17) is 14.2 Å². The zero-order chi connectivity index (χ0) is 49.3. The van der Waals surface area contributed by atoms with E-state index >= 15 is 0 Å². The molecule has 0 heterocycles. The average Bonchev–Trinajstić information content (AvgIpc) is 3.34. The fourth-order valence-corrected chi connectivity index (χ4v) is 7.30. The lowest BCUT2D eigenvalue weighted by atomic mass is 10.1. The lowest BCUT2D eigenvalue weighted by Crippen LogP contribution is -2.30. The van der Waals surface area contributed by atoms with Gasteiger partial charge in [0.2, 0.25) is 0 Å². The van der Waals surface area contributed by atoms with Gasteiger partial charge in [0.05, 0.1) is 0 Å². The van der Waals surface area contributed by atoms with Crippen molar-refractivity contribution in [3.05, 3.63) is 109 Å². The number of allylic oxidation sites excluding steroid dienone is 18. The summed E-state index contributed by atoms with van der Waals surface area (Å²) in [7, 11) is 0. The summed E-state index contributed by atoms with van der Waals surface area (Å²) in [5, 5.41) is 0. The van der Waals surface area contributed by atoms with Crippen LogP contribution < -0.4 is 0 Å². The highest BCUT2D eigenvalue weighted by Crippen LogP contribution is 2.13. The summed E-state index contributed by atoms with van der Waals surface area (Å²) >= 11 is 0. The van der Waals surface area contributed by atoms with Gasteiger partial charge in [0.15, 0.2) is 6.10 Å². The molecule has 0 aliphatic carbocycles. The van der Waals surface area contributed by atoms with Gasteiger partial charge >= 0.3 is 17.9 Å². The Bertz CT molecular complexity index is 1410. The molecule has 0 amide bonds. The van der Waals surface area contributed by atoms with Crippen LogP contribution in [0.1, 0.15) is 245 Å². The van der Waals surface area contributed by atoms with E-state index in [-0.39, 0.29) is 37.5 Å². The number of unbranched alkanes of at least 4 members (excludes halogenated alkanes) is 20. The van der Waals surface area contributed by atoms with Crippen LogP contribution in [0.3, 0.4) is 0 Å². The lowest BCUT2D eigenvalue weighted by molar-refractivity contribution is -0.167. The molecule has 0 saturated carbocycles. The largest absolute Gasteiger partial charge is 0.462 e. The molecule has 0 aromatic rings. The van der Waals surface area contributed by atoms with Gasteiger partial charge in [-0.3, -0.25) is 14.4 Å². The zero-order valence-corrected chi connectivity index (χ0v) is 44.1. The molecule has 0 bridgehead atoms. The van der Waals surface area contributed by atoms with Gasteiger partial charge in [-0.25, -0.2) is 0 Å². The maximum Gasteiger partial charge on any atom is 0.306 e. The van der Waals surface area contributed by atoms with E-state index in [1.165, 1.54) is 96.3 Å². The maximum atomic E-state index is 12.8. The Hall–Kier alpha value is -3.93. The van der Waals surface area contributed by atoms with Crippen LogP contribution in [0.4, 0.5) is 0 Å². The molecule has 0 rings (SSSR count). The van der Waals surface area contributed by atoms with E-state index in [2.05, 4.69) is 130 Å². The second-order valence-corrected chi connectivity index (χ2v) is 18.1. The fourth-order valence-electron chi connectivity index (χ4n) is 7.30. The van der Waals surface area contributed by atoms with Crippen LogP contribution in [0.25, 0.3) is 0 Å². The van der Waals surface area contributed by atoms with Crippen molar-refractivity contribution in [1.29, 1.82) is 0 Å². The summed E-state index contributed by atoms with van der Waals surface area (Å²) < 4.78 is 16.8. The van der Waals surface area contributed by atoms with E-state index in [1.807, 2.05) is 0 Å². The Morgan fingerprint density at radius 1 is 0.309 bits per heavy atom. The minimum absolute atomic E-state index is 0.115. The molecule has 386 valence electrons. The normalized spacial score (nSPS) is 12.9. The van der Waals surface area contributed by atoms with Gasteiger partial charge in [-0.2, -0.15) is 0 Å². The molecule has 0 aliphatic heterocycles. The predicted octanol–water partition coefficient (Wildman–Crippen LogP) is 18.7. The molecule has 0 N–H and O–H groups in total. The van der Waals surface area contributed by atoms with Crippen LogP contribution in [0.2, 0.25) is 0 Å². The molecule has 1 atom stereocenters. The first-order valence-corrected chi connectivity index (χ1v) is 27.9. The van der Waals surface area contributed by atoms with Crippen molar-refractivity contribution < 1.29 is 28.6 Å². The SMILES string of the molecule is CC/C=C\C/C=C\C/C=C\C/C=C\CCCCCC(=O)OCC(COC(=O)CCC/C=C\C/C=C\C/C=C\CCCCCCCC)OC(=O)CCCCCCCCC/C=C\C/C=C\CCCCC. The highest BCUT2D eigenvalue weighted by Gasteiger charge is 2.19. The molecule has 0 radical (unpaired) electrons. The van der Waals surface area contributed by atoms with Gasteiger partial charge in [0.25, 0.3) is 0 Å². The van der Waals surface area contributed by atoms with Crippen molar-refractivity contribution in [2.75, 3.05) is 13.2 Å². The summed E-state index contributed by atoms with van der Waals surface area (Å²) in [4.78, 5) is 38.1. The molecular formula is C62H102O6. The van der Waals surface area contributed by atoms with Crippen molar-refractivity contribution in [1.82, 2.24) is 0 Å². The molecule has 0 fully saturated rings. The number of ether oxygens (including phenoxy) is 3. The summed E-state index contributed by atoms with van der Waals surface area (Å²) in [6, 6.07) is 0. The Labute approximate surface area is 419 Å². The van der Waals surface area contributed by atoms with Crippen LogP contribution in [0.5, 0.6) is 0 Å². The topological polar surface area (TPSA) is 78.9 Å². The first kappa shape index (κ1) is 64.1. The molecule has 0 saturated heterocycles. The molecular weight excluding hydrogens is 841 g/mol. The van der Waals surface area contributed by atoms with Gasteiger partial charge < -0.3 is 14.2 Å². The number of rotatable bonds is 49. The molecule has 68 heavy (non-hydrogen) atoms. The third kappa shape index (κ3) is 53.0. The van der Waals surface area contributed by atoms with Crippen molar-refractivity contribution in [2.24, 2.45) is 0 Å². The molecule has 6 nitrogen and oxygen atoms in total. The minimum Gasteiger partial charge on any atom is -0.462 e. The fraction of sp³-hybridized carbons (Fsp3) is 0.661. The van der Waals surface area contributed by atoms with Crippen molar-refractivity contribution in [3.63, 3.8) is 0 Å². The van der Waals surface area contributed by atoms with Crippen LogP contribution in [-0.4, -0.2) is 37.2 Å². The first-order chi connectivity index (χ1) is 33.5. The van der Waals surface area contributed by atoms with Gasteiger partial charge in [-0.1, -0.05) is 214 Å². The smallest absolute Gasteiger partial charge is 0.306 e. The molecule has 6 heteroatoms. The highest BCUT2D eigenvalue weighted by molar-refractivity contribution is 5.71. The van der Waals surface area contributed by atoms with Crippen molar-refractivity contribution in [3.8, 4) is 0 Å². The average molecular weight is 943 g/mol. The number of carbonyl (C=O) groups excluding carboxylic acids is 3. The quantitative estimate of drug-likeness (QED) is 0.0262. The maximum absolute atomic E-state index is 12.8. The second-order valence-electron chi connectivity index (χ2n) is 18.1. The molecule has 0 aromatic heterocycles. The Morgan fingerprint density at radius 3 is 1.00 bits per heavy atom. The van der Waals surface area contributed by atoms with Gasteiger partial charge in [-0.15, -0.1) is 0 Å². The molecule has 0 aliphatic rings. The lowest BCUT2D eigenvalue weighted by Gasteiger charge is -2.18. The van der Waals surface area contributed by atoms with Gasteiger partial charge in [0.1, 0.15) is 13.2 Å². The Morgan fingerprint density at radius 2 is 0.588 bits per heavy atom. The third-order valence-corrected chi connectivity index (χ3v) is 11.5. The third-order valence-electron chi connectivity index (χ3n) is 11.5. The van der Waals surface area contributed by atoms with Crippen LogP contribution in [0, 0.1) is 0 Å². The van der Waals surface area contributed by atoms with E-state index in [1.54, 1.807) is 0 Å². The number of esters is 3. The Kier molecular flexibility index (Phi) is 52.4. The van der Waals surface area contributed by atoms with Crippen molar-refractivity contribution in [2.45, 2.75) is 252 Å². The summed E-state index contributed by atoms with van der Waals surface area (Å²) in [5.41, 5.74) is 0. The monoisotopic (exact) mass is 943 g/mol. The summed E-state index contributed by atoms with van der Waals surface area (Å²) in [6.45, 7) is 6.41. The number of hydrogen-bond acceptors (Lipinski definition) is 6. The molecule has 0 spiro atoms. The number of carbonyl (C=O) groups is 3. The second kappa shape index (κ2) is 55.7. The van der Waals surface area contributed by atoms with E-state index < -0.39 is 6.10 Å². The van der Waals surface area contributed by atoms with Gasteiger partial charge in [-0.05, 0) is 122 Å². The summed E-state index contributed by atoms with van der Waals surface area (Å²) in [6.07, 6.45) is 75.1. The highest BCUT2D eigenvalue weighted by atomic mass is 16.6. The van der Waals surface area contributed by atoms with E-state index in [0.717, 1.165) is 103 Å². The predicted molar refractivity (Wildman–Crippen MR) is 293 cm³/mol. The summed E-state index contributed by atoms with van der Waals surface area (Å²) in [5.74, 6) is -1.01.